The van der Waals surface area contributed by atoms with Crippen LogP contribution in [0.15, 0.2) is 16.6 Å². The molecule has 0 bridgehead atoms. The van der Waals surface area contributed by atoms with Crippen LogP contribution in [0, 0.1) is 6.92 Å². The number of hydrogen-bond donors (Lipinski definition) is 1. The predicted molar refractivity (Wildman–Crippen MR) is 72.9 cm³/mol. The fourth-order valence-corrected chi connectivity index (χ4v) is 2.55. The average molecular weight is 324 g/mol. The Hall–Kier alpha value is -0.290. The van der Waals surface area contributed by atoms with E-state index in [1.807, 2.05) is 19.1 Å². The lowest BCUT2D eigenvalue weighted by Crippen LogP contribution is -2.86. The molecule has 0 spiro atoms. The van der Waals surface area contributed by atoms with Crippen LogP contribution >= 0.6 is 27.5 Å². The normalized spacial score (nSPS) is 10.6. The standard InChI is InChI=1S/C12H17BrClNO2/c1-9-7-10(13)12(11(14)8-9)17-6-4-15-3-5-16-2/h7-8,15H,3-6H2,1-2H3/p+1. The summed E-state index contributed by atoms with van der Waals surface area (Å²) in [4.78, 5) is 0. The Morgan fingerprint density at radius 1 is 1.29 bits per heavy atom. The highest BCUT2D eigenvalue weighted by Gasteiger charge is 2.07. The molecule has 0 fully saturated rings. The van der Waals surface area contributed by atoms with Gasteiger partial charge in [0.1, 0.15) is 13.2 Å². The maximum Gasteiger partial charge on any atom is 0.152 e. The summed E-state index contributed by atoms with van der Waals surface area (Å²) in [6.07, 6.45) is 0. The summed E-state index contributed by atoms with van der Waals surface area (Å²) < 4.78 is 11.5. The van der Waals surface area contributed by atoms with Gasteiger partial charge in [-0.05, 0) is 40.5 Å². The van der Waals surface area contributed by atoms with Gasteiger partial charge in [-0.25, -0.2) is 0 Å². The molecule has 0 aromatic heterocycles. The highest BCUT2D eigenvalue weighted by atomic mass is 79.9. The van der Waals surface area contributed by atoms with Gasteiger partial charge < -0.3 is 14.8 Å². The van der Waals surface area contributed by atoms with E-state index in [-0.39, 0.29) is 0 Å². The minimum atomic E-state index is 0.630. The smallest absolute Gasteiger partial charge is 0.152 e. The number of halogens is 2. The van der Waals surface area contributed by atoms with Crippen molar-refractivity contribution in [3.05, 3.63) is 27.2 Å². The zero-order valence-corrected chi connectivity index (χ0v) is 12.5. The lowest BCUT2D eigenvalue weighted by atomic mass is 10.2. The minimum Gasteiger partial charge on any atom is -0.485 e. The van der Waals surface area contributed by atoms with Gasteiger partial charge in [0.15, 0.2) is 5.75 Å². The second-order valence-electron chi connectivity index (χ2n) is 3.76. The zero-order chi connectivity index (χ0) is 12.7. The Kier molecular flexibility index (Phi) is 6.89. The van der Waals surface area contributed by atoms with Gasteiger partial charge in [0, 0.05) is 7.11 Å². The van der Waals surface area contributed by atoms with Crippen molar-refractivity contribution < 1.29 is 14.8 Å². The van der Waals surface area contributed by atoms with Crippen molar-refractivity contribution in [1.29, 1.82) is 0 Å². The number of ether oxygens (including phenoxy) is 2. The maximum absolute atomic E-state index is 6.11. The third kappa shape index (κ3) is 5.25. The second-order valence-corrected chi connectivity index (χ2v) is 5.03. The van der Waals surface area contributed by atoms with E-state index in [0.29, 0.717) is 11.6 Å². The average Bonchev–Trinajstić information content (AvgIpc) is 2.26. The predicted octanol–water partition coefficient (Wildman–Crippen LogP) is 2.00. The lowest BCUT2D eigenvalue weighted by Gasteiger charge is -2.10. The second kappa shape index (κ2) is 7.93. The molecule has 1 aromatic carbocycles. The van der Waals surface area contributed by atoms with E-state index in [0.717, 1.165) is 35.5 Å². The van der Waals surface area contributed by atoms with Crippen LogP contribution in [-0.2, 0) is 4.74 Å². The highest BCUT2D eigenvalue weighted by molar-refractivity contribution is 9.10. The number of quaternary nitrogens is 1. The molecule has 0 amide bonds. The Bertz CT molecular complexity index is 337. The van der Waals surface area contributed by atoms with Crippen molar-refractivity contribution in [2.24, 2.45) is 0 Å². The van der Waals surface area contributed by atoms with Crippen LogP contribution in [0.5, 0.6) is 5.75 Å². The van der Waals surface area contributed by atoms with E-state index < -0.39 is 0 Å². The van der Waals surface area contributed by atoms with E-state index in [4.69, 9.17) is 21.1 Å². The van der Waals surface area contributed by atoms with E-state index in [2.05, 4.69) is 21.2 Å². The molecule has 0 aliphatic carbocycles. The number of hydrogen-bond acceptors (Lipinski definition) is 2. The van der Waals surface area contributed by atoms with Crippen LogP contribution in [0.4, 0.5) is 0 Å². The molecule has 0 unspecified atom stereocenters. The number of aryl methyl sites for hydroxylation is 1. The van der Waals surface area contributed by atoms with Crippen molar-refractivity contribution in [2.45, 2.75) is 6.92 Å². The first-order valence-corrected chi connectivity index (χ1v) is 6.71. The fourth-order valence-electron chi connectivity index (χ4n) is 1.41. The monoisotopic (exact) mass is 322 g/mol. The Morgan fingerprint density at radius 3 is 2.65 bits per heavy atom. The quantitative estimate of drug-likeness (QED) is 0.779. The van der Waals surface area contributed by atoms with Crippen LogP contribution in [0.1, 0.15) is 5.56 Å². The largest absolute Gasteiger partial charge is 0.485 e. The number of methoxy groups -OCH3 is 1. The van der Waals surface area contributed by atoms with Gasteiger partial charge in [-0.1, -0.05) is 11.6 Å². The molecule has 0 radical (unpaired) electrons. The van der Waals surface area contributed by atoms with Crippen LogP contribution in [-0.4, -0.2) is 33.4 Å². The molecule has 3 nitrogen and oxygen atoms in total. The molecule has 0 aliphatic rings. The van der Waals surface area contributed by atoms with E-state index in [1.165, 1.54) is 0 Å². The van der Waals surface area contributed by atoms with Crippen LogP contribution < -0.4 is 10.1 Å². The molecule has 0 saturated carbocycles. The van der Waals surface area contributed by atoms with E-state index in [1.54, 1.807) is 7.11 Å². The molecule has 17 heavy (non-hydrogen) atoms. The molecule has 0 atom stereocenters. The first kappa shape index (κ1) is 14.8. The van der Waals surface area contributed by atoms with Crippen molar-refractivity contribution in [1.82, 2.24) is 0 Å². The minimum absolute atomic E-state index is 0.630. The molecule has 0 saturated heterocycles. The summed E-state index contributed by atoms with van der Waals surface area (Å²) in [5, 5.41) is 2.80. The first-order valence-electron chi connectivity index (χ1n) is 5.54. The van der Waals surface area contributed by atoms with Crippen LogP contribution in [0.3, 0.4) is 0 Å². The van der Waals surface area contributed by atoms with Gasteiger partial charge in [-0.2, -0.15) is 0 Å². The van der Waals surface area contributed by atoms with Gasteiger partial charge in [-0.3, -0.25) is 0 Å². The summed E-state index contributed by atoms with van der Waals surface area (Å²) in [6.45, 7) is 5.22. The van der Waals surface area contributed by atoms with Gasteiger partial charge in [0.05, 0.1) is 22.6 Å². The lowest BCUT2D eigenvalue weighted by molar-refractivity contribution is -0.656. The van der Waals surface area contributed by atoms with Crippen molar-refractivity contribution >= 4 is 27.5 Å². The maximum atomic E-state index is 6.11. The summed E-state index contributed by atoms with van der Waals surface area (Å²) in [5.74, 6) is 0.720. The summed E-state index contributed by atoms with van der Waals surface area (Å²) in [6, 6.07) is 3.89. The third-order valence-electron chi connectivity index (χ3n) is 2.24. The molecular weight excluding hydrogens is 305 g/mol. The molecule has 0 aliphatic heterocycles. The van der Waals surface area contributed by atoms with Crippen molar-refractivity contribution in [3.63, 3.8) is 0 Å². The van der Waals surface area contributed by atoms with Crippen LogP contribution in [0.2, 0.25) is 5.02 Å². The van der Waals surface area contributed by atoms with Gasteiger partial charge in [0.25, 0.3) is 0 Å². The summed E-state index contributed by atoms with van der Waals surface area (Å²) in [5.41, 5.74) is 1.11. The molecule has 0 heterocycles. The van der Waals surface area contributed by atoms with E-state index >= 15 is 0 Å². The SMILES string of the molecule is COCC[NH2+]CCOc1c(Cl)cc(C)cc1Br. The van der Waals surface area contributed by atoms with Crippen LogP contribution in [0.25, 0.3) is 0 Å². The Balaban J connectivity index is 2.36. The molecular formula is C12H18BrClNO2+. The third-order valence-corrected chi connectivity index (χ3v) is 3.11. The zero-order valence-electron chi connectivity index (χ0n) is 10.1. The molecule has 96 valence electrons. The molecule has 5 heteroatoms. The van der Waals surface area contributed by atoms with Gasteiger partial charge in [-0.15, -0.1) is 0 Å². The summed E-state index contributed by atoms with van der Waals surface area (Å²) in [7, 11) is 1.70. The Labute approximate surface area is 116 Å². The fraction of sp³-hybridized carbons (Fsp3) is 0.500. The van der Waals surface area contributed by atoms with Gasteiger partial charge in [0.2, 0.25) is 0 Å². The molecule has 1 rings (SSSR count). The Morgan fingerprint density at radius 2 is 2.00 bits per heavy atom. The molecule has 2 N–H and O–H groups in total. The molecule has 1 aromatic rings. The number of benzene rings is 1. The van der Waals surface area contributed by atoms with Crippen molar-refractivity contribution in [2.75, 3.05) is 33.4 Å². The highest BCUT2D eigenvalue weighted by Crippen LogP contribution is 2.34. The number of rotatable bonds is 7. The first-order chi connectivity index (χ1) is 8.15. The van der Waals surface area contributed by atoms with Gasteiger partial charge >= 0.3 is 0 Å². The topological polar surface area (TPSA) is 35.1 Å². The number of nitrogens with two attached hydrogens (primary N) is 1. The van der Waals surface area contributed by atoms with E-state index in [9.17, 15) is 0 Å². The van der Waals surface area contributed by atoms with Crippen molar-refractivity contribution in [3.8, 4) is 5.75 Å². The summed E-state index contributed by atoms with van der Waals surface area (Å²) >= 11 is 9.56.